The third-order valence-corrected chi connectivity index (χ3v) is 2.78. The molecule has 0 fully saturated rings. The largest absolute Gasteiger partial charge is 0.480 e. The van der Waals surface area contributed by atoms with Gasteiger partial charge in [0.15, 0.2) is 0 Å². The van der Waals surface area contributed by atoms with Gasteiger partial charge in [-0.1, -0.05) is 38.1 Å². The van der Waals surface area contributed by atoms with E-state index in [0.717, 1.165) is 10.8 Å². The summed E-state index contributed by atoms with van der Waals surface area (Å²) < 4.78 is 1.79. The van der Waals surface area contributed by atoms with E-state index in [4.69, 9.17) is 0 Å². The molecular weight excluding hydrogens is 202 g/mol. The van der Waals surface area contributed by atoms with Crippen molar-refractivity contribution in [3.63, 3.8) is 0 Å². The Balaban J connectivity index is 2.49. The predicted octanol–water partition coefficient (Wildman–Crippen LogP) is 2.92. The van der Waals surface area contributed by atoms with Crippen LogP contribution in [-0.2, 0) is 4.79 Å². The second-order valence-electron chi connectivity index (χ2n) is 4.36. The predicted molar refractivity (Wildman–Crippen MR) is 63.4 cm³/mol. The molecule has 0 bridgehead atoms. The molecule has 16 heavy (non-hydrogen) atoms. The molecule has 84 valence electrons. The highest BCUT2D eigenvalue weighted by Gasteiger charge is 2.22. The molecule has 0 radical (unpaired) electrons. The van der Waals surface area contributed by atoms with E-state index in [1.165, 1.54) is 0 Å². The Labute approximate surface area is 94.3 Å². The molecule has 3 nitrogen and oxygen atoms in total. The van der Waals surface area contributed by atoms with E-state index in [1.807, 2.05) is 50.5 Å². The monoisotopic (exact) mass is 217 g/mol. The van der Waals surface area contributed by atoms with Crippen molar-refractivity contribution in [3.8, 4) is 0 Å². The van der Waals surface area contributed by atoms with Crippen LogP contribution >= 0.6 is 0 Å². The number of hydrogen-bond acceptors (Lipinski definition) is 1. The normalized spacial score (nSPS) is 13.2. The molecule has 2 aromatic rings. The van der Waals surface area contributed by atoms with Crippen molar-refractivity contribution in [1.29, 1.82) is 0 Å². The van der Waals surface area contributed by atoms with Crippen molar-refractivity contribution >= 4 is 16.7 Å². The zero-order chi connectivity index (χ0) is 11.7. The first-order valence-corrected chi connectivity index (χ1v) is 5.38. The lowest BCUT2D eigenvalue weighted by molar-refractivity contribution is -0.142. The second-order valence-corrected chi connectivity index (χ2v) is 4.36. The van der Waals surface area contributed by atoms with Gasteiger partial charge in [0.05, 0.1) is 0 Å². The topological polar surface area (TPSA) is 42.2 Å². The summed E-state index contributed by atoms with van der Waals surface area (Å²) in [6, 6.07) is 7.40. The number of hydrogen-bond donors (Lipinski definition) is 1. The van der Waals surface area contributed by atoms with Crippen molar-refractivity contribution in [1.82, 2.24) is 4.57 Å². The van der Waals surface area contributed by atoms with Crippen LogP contribution in [0.15, 0.2) is 36.7 Å². The zero-order valence-electron chi connectivity index (χ0n) is 9.42. The number of carboxylic acids is 1. The zero-order valence-corrected chi connectivity index (χ0v) is 9.42. The van der Waals surface area contributed by atoms with E-state index >= 15 is 0 Å². The molecule has 0 aliphatic heterocycles. The lowest BCUT2D eigenvalue weighted by Crippen LogP contribution is -2.22. The van der Waals surface area contributed by atoms with Crippen molar-refractivity contribution in [3.05, 3.63) is 36.7 Å². The van der Waals surface area contributed by atoms with Gasteiger partial charge < -0.3 is 9.67 Å². The SMILES string of the molecule is CC(C)C(C(=O)O)n1cc2ccccc2c1. The van der Waals surface area contributed by atoms with Gasteiger partial charge in [0.2, 0.25) is 0 Å². The van der Waals surface area contributed by atoms with Gasteiger partial charge in [-0.05, 0) is 16.7 Å². The molecule has 2 rings (SSSR count). The van der Waals surface area contributed by atoms with Gasteiger partial charge >= 0.3 is 5.97 Å². The molecule has 0 aliphatic rings. The average Bonchev–Trinajstić information content (AvgIpc) is 2.58. The second kappa shape index (κ2) is 4.00. The summed E-state index contributed by atoms with van der Waals surface area (Å²) in [5.41, 5.74) is 0. The van der Waals surface area contributed by atoms with Crippen LogP contribution in [0.3, 0.4) is 0 Å². The molecule has 1 aromatic heterocycles. The Bertz CT molecular complexity index is 480. The minimum absolute atomic E-state index is 0.0688. The Morgan fingerprint density at radius 2 is 1.69 bits per heavy atom. The van der Waals surface area contributed by atoms with Crippen LogP contribution in [0.4, 0.5) is 0 Å². The molecule has 3 heteroatoms. The first-order valence-electron chi connectivity index (χ1n) is 5.38. The van der Waals surface area contributed by atoms with Crippen LogP contribution in [0.5, 0.6) is 0 Å². The van der Waals surface area contributed by atoms with E-state index in [2.05, 4.69) is 0 Å². The standard InChI is InChI=1S/C13H15NO2/c1-9(2)12(13(15)16)14-7-10-5-3-4-6-11(10)8-14/h3-9,12H,1-2H3,(H,15,16). The molecule has 1 N–H and O–H groups in total. The number of fused-ring (bicyclic) bond motifs is 1. The third kappa shape index (κ3) is 1.81. The Kier molecular flexibility index (Phi) is 2.69. The third-order valence-electron chi connectivity index (χ3n) is 2.78. The number of carbonyl (C=O) groups is 1. The Morgan fingerprint density at radius 1 is 1.19 bits per heavy atom. The lowest BCUT2D eigenvalue weighted by Gasteiger charge is -2.17. The van der Waals surface area contributed by atoms with Gasteiger partial charge in [-0.15, -0.1) is 0 Å². The van der Waals surface area contributed by atoms with E-state index in [0.29, 0.717) is 0 Å². The van der Waals surface area contributed by atoms with Crippen molar-refractivity contribution in [2.24, 2.45) is 5.92 Å². The summed E-state index contributed by atoms with van der Waals surface area (Å²) >= 11 is 0. The molecule has 1 atom stereocenters. The summed E-state index contributed by atoms with van der Waals surface area (Å²) in [5, 5.41) is 11.4. The number of rotatable bonds is 3. The number of nitrogens with zero attached hydrogens (tertiary/aromatic N) is 1. The van der Waals surface area contributed by atoms with E-state index in [-0.39, 0.29) is 5.92 Å². The van der Waals surface area contributed by atoms with Gasteiger partial charge in [-0.25, -0.2) is 4.79 Å². The van der Waals surface area contributed by atoms with Crippen molar-refractivity contribution in [2.45, 2.75) is 19.9 Å². The van der Waals surface area contributed by atoms with Crippen LogP contribution in [0, 0.1) is 5.92 Å². The van der Waals surface area contributed by atoms with Crippen molar-refractivity contribution < 1.29 is 9.90 Å². The molecular formula is C13H15NO2. The molecule has 1 aromatic carbocycles. The smallest absolute Gasteiger partial charge is 0.326 e. The van der Waals surface area contributed by atoms with Crippen LogP contribution in [-0.4, -0.2) is 15.6 Å². The highest BCUT2D eigenvalue weighted by Crippen LogP contribution is 2.23. The van der Waals surface area contributed by atoms with Gasteiger partial charge in [-0.3, -0.25) is 0 Å². The van der Waals surface area contributed by atoms with Gasteiger partial charge in [0, 0.05) is 12.4 Å². The molecule has 1 unspecified atom stereocenters. The maximum Gasteiger partial charge on any atom is 0.326 e. The number of carboxylic acid groups (broad SMARTS) is 1. The molecule has 0 aliphatic carbocycles. The maximum absolute atomic E-state index is 11.2. The number of aliphatic carboxylic acids is 1. The summed E-state index contributed by atoms with van der Waals surface area (Å²) in [7, 11) is 0. The highest BCUT2D eigenvalue weighted by atomic mass is 16.4. The van der Waals surface area contributed by atoms with E-state index < -0.39 is 12.0 Å². The summed E-state index contributed by atoms with van der Waals surface area (Å²) in [6.07, 6.45) is 3.79. The van der Waals surface area contributed by atoms with Gasteiger partial charge in [0.25, 0.3) is 0 Å². The Hall–Kier alpha value is -1.77. The fourth-order valence-corrected chi connectivity index (χ4v) is 2.02. The maximum atomic E-state index is 11.2. The molecule has 0 saturated heterocycles. The van der Waals surface area contributed by atoms with Crippen molar-refractivity contribution in [2.75, 3.05) is 0 Å². The minimum Gasteiger partial charge on any atom is -0.480 e. The fraction of sp³-hybridized carbons (Fsp3) is 0.308. The first-order chi connectivity index (χ1) is 7.59. The van der Waals surface area contributed by atoms with Crippen LogP contribution in [0.1, 0.15) is 19.9 Å². The quantitative estimate of drug-likeness (QED) is 0.858. The number of benzene rings is 1. The average molecular weight is 217 g/mol. The number of aromatic nitrogens is 1. The van der Waals surface area contributed by atoms with E-state index in [1.54, 1.807) is 4.57 Å². The highest BCUT2D eigenvalue weighted by molar-refractivity contribution is 5.83. The first kappa shape index (κ1) is 10.7. The van der Waals surface area contributed by atoms with Gasteiger partial charge in [-0.2, -0.15) is 0 Å². The summed E-state index contributed by atoms with van der Waals surface area (Å²) in [5.74, 6) is -0.713. The van der Waals surface area contributed by atoms with Crippen LogP contribution < -0.4 is 0 Å². The lowest BCUT2D eigenvalue weighted by atomic mass is 10.1. The minimum atomic E-state index is -0.782. The van der Waals surface area contributed by atoms with Gasteiger partial charge in [0.1, 0.15) is 6.04 Å². The van der Waals surface area contributed by atoms with Crippen LogP contribution in [0.25, 0.3) is 10.8 Å². The summed E-state index contributed by atoms with van der Waals surface area (Å²) in [4.78, 5) is 11.2. The molecule has 0 amide bonds. The van der Waals surface area contributed by atoms with E-state index in [9.17, 15) is 9.90 Å². The summed E-state index contributed by atoms with van der Waals surface area (Å²) in [6.45, 7) is 3.84. The Morgan fingerprint density at radius 3 is 2.06 bits per heavy atom. The fourth-order valence-electron chi connectivity index (χ4n) is 2.02. The molecule has 0 saturated carbocycles. The van der Waals surface area contributed by atoms with Crippen LogP contribution in [0.2, 0.25) is 0 Å². The molecule has 1 heterocycles. The molecule has 0 spiro atoms.